The fourth-order valence-electron chi connectivity index (χ4n) is 4.61. The van der Waals surface area contributed by atoms with Crippen molar-refractivity contribution < 1.29 is 23.1 Å². The quantitative estimate of drug-likeness (QED) is 0.501. The molecular weight excluding hydrogens is 376 g/mol. The minimum Gasteiger partial charge on any atom is -0.465 e. The number of carbonyl (C=O) groups excluding carboxylic acids is 2. The monoisotopic (exact) mass is 403 g/mol. The molecule has 1 unspecified atom stereocenters. The number of allylic oxidation sites excluding steroid dienone is 1. The maximum Gasteiger partial charge on any atom is 0.318 e. The van der Waals surface area contributed by atoms with Crippen LogP contribution < -0.4 is 4.90 Å². The van der Waals surface area contributed by atoms with E-state index in [0.717, 1.165) is 25.3 Å². The molecule has 1 aromatic carbocycles. The number of halogens is 2. The first-order valence-electron chi connectivity index (χ1n) is 10.7. The van der Waals surface area contributed by atoms with E-state index in [9.17, 15) is 18.4 Å². The summed E-state index contributed by atoms with van der Waals surface area (Å²) in [5, 5.41) is 0. The highest BCUT2D eigenvalue weighted by Crippen LogP contribution is 2.43. The molecule has 3 aliphatic rings. The smallest absolute Gasteiger partial charge is 0.318 e. The van der Waals surface area contributed by atoms with Gasteiger partial charge in [-0.25, -0.2) is 8.78 Å². The van der Waals surface area contributed by atoms with Crippen molar-refractivity contribution in [3.05, 3.63) is 34.9 Å². The summed E-state index contributed by atoms with van der Waals surface area (Å²) in [4.78, 5) is 27.2. The van der Waals surface area contributed by atoms with Crippen molar-refractivity contribution in [3.63, 3.8) is 0 Å². The number of anilines is 1. The second-order valence-electron chi connectivity index (χ2n) is 8.32. The number of benzene rings is 1. The van der Waals surface area contributed by atoms with Gasteiger partial charge in [0.1, 0.15) is 5.92 Å². The molecule has 156 valence electrons. The number of Topliss-reactive ketones (excluding diaryl/α,β-unsaturated/α-hetero) is 1. The van der Waals surface area contributed by atoms with Gasteiger partial charge in [0.05, 0.1) is 12.3 Å². The fraction of sp³-hybridized carbons (Fsp3) is 0.565. The zero-order valence-corrected chi connectivity index (χ0v) is 16.8. The third-order valence-corrected chi connectivity index (χ3v) is 6.26. The molecule has 0 radical (unpaired) electrons. The molecular formula is C23H27F2NO3. The van der Waals surface area contributed by atoms with Gasteiger partial charge in [0, 0.05) is 23.7 Å². The molecule has 1 atom stereocenters. The molecule has 29 heavy (non-hydrogen) atoms. The Morgan fingerprint density at radius 3 is 2.62 bits per heavy atom. The van der Waals surface area contributed by atoms with E-state index in [-0.39, 0.29) is 30.3 Å². The van der Waals surface area contributed by atoms with Gasteiger partial charge in [-0.2, -0.15) is 0 Å². The van der Waals surface area contributed by atoms with Crippen molar-refractivity contribution >= 4 is 23.5 Å². The van der Waals surface area contributed by atoms with Crippen LogP contribution in [0, 0.1) is 23.5 Å². The van der Waals surface area contributed by atoms with Gasteiger partial charge in [0.15, 0.2) is 17.4 Å². The molecule has 6 heteroatoms. The molecule has 0 saturated heterocycles. The molecule has 1 heterocycles. The molecule has 4 nitrogen and oxygen atoms in total. The third kappa shape index (κ3) is 3.94. The lowest BCUT2D eigenvalue weighted by molar-refractivity contribution is -0.145. The minimum atomic E-state index is -1.06. The first kappa shape index (κ1) is 20.0. The molecule has 2 saturated carbocycles. The molecule has 2 aliphatic carbocycles. The van der Waals surface area contributed by atoms with Crippen LogP contribution in [0.1, 0.15) is 67.8 Å². The molecule has 1 aliphatic heterocycles. The first-order valence-corrected chi connectivity index (χ1v) is 10.7. The van der Waals surface area contributed by atoms with Crippen molar-refractivity contribution in [2.45, 2.75) is 57.9 Å². The summed E-state index contributed by atoms with van der Waals surface area (Å²) in [6, 6.07) is 1.09. The lowest BCUT2D eigenvalue weighted by Crippen LogP contribution is -2.45. The lowest BCUT2D eigenvalue weighted by atomic mass is 9.88. The van der Waals surface area contributed by atoms with Crippen LogP contribution in [0.15, 0.2) is 12.1 Å². The van der Waals surface area contributed by atoms with E-state index in [1.165, 1.54) is 25.7 Å². The zero-order valence-electron chi connectivity index (χ0n) is 16.8. The number of fused-ring (bicyclic) bond motifs is 1. The normalized spacial score (nSPS) is 22.4. The number of ether oxygens (including phenoxy) is 1. The van der Waals surface area contributed by atoms with Crippen molar-refractivity contribution in [2.24, 2.45) is 11.8 Å². The van der Waals surface area contributed by atoms with Crippen LogP contribution >= 0.6 is 0 Å². The standard InChI is InChI=1S/C23H27F2NO3/c1-2-29-23(28)18-13-26(15-10-11-15)21-16(9-5-8-14-6-3-4-7-14)20(25)19(24)12-17(21)22(18)27/h5,9,12,14-15,18H,2-4,6-8,10-11,13H2,1H3/b9-5-. The topological polar surface area (TPSA) is 46.6 Å². The number of nitrogens with zero attached hydrogens (tertiary/aromatic N) is 1. The highest BCUT2D eigenvalue weighted by atomic mass is 19.2. The van der Waals surface area contributed by atoms with Crippen molar-refractivity contribution in [3.8, 4) is 0 Å². The Morgan fingerprint density at radius 1 is 1.24 bits per heavy atom. The summed E-state index contributed by atoms with van der Waals surface area (Å²) >= 11 is 0. The van der Waals surface area contributed by atoms with E-state index >= 15 is 0 Å². The van der Waals surface area contributed by atoms with Crippen LogP contribution in [0.4, 0.5) is 14.5 Å². The SMILES string of the molecule is CCOC(=O)C1CN(C2CC2)c2c(cc(F)c(F)c2/C=C\CC2CCCC2)C1=O. The van der Waals surface area contributed by atoms with E-state index in [1.54, 1.807) is 13.0 Å². The molecule has 0 N–H and O–H groups in total. The average molecular weight is 403 g/mol. The van der Waals surface area contributed by atoms with Crippen LogP contribution in [0.25, 0.3) is 6.08 Å². The molecule has 0 amide bonds. The Kier molecular flexibility index (Phi) is 5.70. The second kappa shape index (κ2) is 8.25. The van der Waals surface area contributed by atoms with E-state index in [1.807, 2.05) is 11.0 Å². The first-order chi connectivity index (χ1) is 14.0. The van der Waals surface area contributed by atoms with Gasteiger partial charge < -0.3 is 9.64 Å². The van der Waals surface area contributed by atoms with Crippen LogP contribution in [0.5, 0.6) is 0 Å². The van der Waals surface area contributed by atoms with E-state index in [4.69, 9.17) is 4.74 Å². The predicted octanol–water partition coefficient (Wildman–Crippen LogP) is 4.90. The predicted molar refractivity (Wildman–Crippen MR) is 107 cm³/mol. The fourth-order valence-corrected chi connectivity index (χ4v) is 4.61. The minimum absolute atomic E-state index is 0.0839. The maximum absolute atomic E-state index is 14.8. The number of rotatable bonds is 6. The lowest BCUT2D eigenvalue weighted by Gasteiger charge is -2.35. The van der Waals surface area contributed by atoms with Gasteiger partial charge in [-0.05, 0) is 38.2 Å². The van der Waals surface area contributed by atoms with E-state index in [2.05, 4.69) is 0 Å². The summed E-state index contributed by atoms with van der Waals surface area (Å²) in [5.74, 6) is -3.48. The Bertz CT molecular complexity index is 841. The van der Waals surface area contributed by atoms with Crippen molar-refractivity contribution in [2.75, 3.05) is 18.1 Å². The number of ketones is 1. The highest BCUT2D eigenvalue weighted by Gasteiger charge is 2.44. The van der Waals surface area contributed by atoms with Gasteiger partial charge in [0.25, 0.3) is 0 Å². The zero-order chi connectivity index (χ0) is 20.5. The van der Waals surface area contributed by atoms with Crippen molar-refractivity contribution in [1.29, 1.82) is 0 Å². The van der Waals surface area contributed by atoms with Crippen LogP contribution in [-0.2, 0) is 9.53 Å². The summed E-state index contributed by atoms with van der Waals surface area (Å²) in [6.45, 7) is 2.01. The van der Waals surface area contributed by atoms with Crippen molar-refractivity contribution in [1.82, 2.24) is 0 Å². The highest BCUT2D eigenvalue weighted by molar-refractivity contribution is 6.14. The molecule has 0 aromatic heterocycles. The van der Waals surface area contributed by atoms with Crippen LogP contribution in [-0.4, -0.2) is 30.9 Å². The molecule has 2 fully saturated rings. The number of esters is 1. The van der Waals surface area contributed by atoms with Gasteiger partial charge >= 0.3 is 5.97 Å². The third-order valence-electron chi connectivity index (χ3n) is 6.26. The Balaban J connectivity index is 1.72. The number of hydrogen-bond acceptors (Lipinski definition) is 4. The average Bonchev–Trinajstić information content (AvgIpc) is 3.41. The van der Waals surface area contributed by atoms with Gasteiger partial charge in [0.2, 0.25) is 0 Å². The van der Waals surface area contributed by atoms with E-state index in [0.29, 0.717) is 11.6 Å². The maximum atomic E-state index is 14.8. The van der Waals surface area contributed by atoms with Crippen LogP contribution in [0.3, 0.4) is 0 Å². The molecule has 0 spiro atoms. The Hall–Kier alpha value is -2.24. The molecule has 1 aromatic rings. The second-order valence-corrected chi connectivity index (χ2v) is 8.32. The molecule has 4 rings (SSSR count). The molecule has 0 bridgehead atoms. The van der Waals surface area contributed by atoms with Gasteiger partial charge in [-0.3, -0.25) is 9.59 Å². The number of hydrogen-bond donors (Lipinski definition) is 0. The summed E-state index contributed by atoms with van der Waals surface area (Å²) < 4.78 is 34.2. The van der Waals surface area contributed by atoms with Crippen LogP contribution in [0.2, 0.25) is 0 Å². The van der Waals surface area contributed by atoms with Gasteiger partial charge in [-0.1, -0.05) is 37.8 Å². The summed E-state index contributed by atoms with van der Waals surface area (Å²) in [7, 11) is 0. The summed E-state index contributed by atoms with van der Waals surface area (Å²) in [6.07, 6.45) is 11.0. The summed E-state index contributed by atoms with van der Waals surface area (Å²) in [5.41, 5.74) is 0.640. The van der Waals surface area contributed by atoms with E-state index < -0.39 is 29.3 Å². The largest absolute Gasteiger partial charge is 0.465 e. The Morgan fingerprint density at radius 2 is 1.97 bits per heavy atom. The number of carbonyl (C=O) groups is 2. The van der Waals surface area contributed by atoms with Gasteiger partial charge in [-0.15, -0.1) is 0 Å². The Labute approximate surface area is 169 Å².